The van der Waals surface area contributed by atoms with E-state index >= 15 is 0 Å². The van der Waals surface area contributed by atoms with E-state index in [9.17, 15) is 19.5 Å². The molecule has 3 aliphatic heterocycles. The quantitative estimate of drug-likeness (QED) is 0.460. The Labute approximate surface area is 225 Å². The van der Waals surface area contributed by atoms with Gasteiger partial charge in [-0.15, -0.1) is 0 Å². The first-order chi connectivity index (χ1) is 18.3. The molecule has 38 heavy (non-hydrogen) atoms. The minimum atomic E-state index is -1.07. The Kier molecular flexibility index (Phi) is 7.57. The SMILES string of the molecule is CC[C@@]12CCC3(O1)C(C(=O)NC1CCCCC1)N([C@@H](CO)C(C)C)C(=O)[C@@H]3[C@@H]2C(=O)NCc1ccccc1. The van der Waals surface area contributed by atoms with Gasteiger partial charge in [-0.25, -0.2) is 0 Å². The highest BCUT2D eigenvalue weighted by Gasteiger charge is 2.79. The number of benzene rings is 1. The van der Waals surface area contributed by atoms with Gasteiger partial charge in [0.1, 0.15) is 11.6 Å². The van der Waals surface area contributed by atoms with Crippen molar-refractivity contribution in [3.05, 3.63) is 35.9 Å². The van der Waals surface area contributed by atoms with Crippen molar-refractivity contribution in [3.8, 4) is 0 Å². The molecule has 1 saturated carbocycles. The molecule has 1 aliphatic carbocycles. The maximum Gasteiger partial charge on any atom is 0.246 e. The van der Waals surface area contributed by atoms with Crippen LogP contribution >= 0.6 is 0 Å². The zero-order chi connectivity index (χ0) is 27.1. The van der Waals surface area contributed by atoms with Gasteiger partial charge in [0.2, 0.25) is 17.7 Å². The third-order valence-electron chi connectivity index (χ3n) is 9.72. The second-order valence-electron chi connectivity index (χ2n) is 12.1. The number of ether oxygens (including phenoxy) is 1. The van der Waals surface area contributed by atoms with Gasteiger partial charge in [0, 0.05) is 12.6 Å². The van der Waals surface area contributed by atoms with Gasteiger partial charge in [-0.05, 0) is 43.6 Å². The van der Waals surface area contributed by atoms with Crippen LogP contribution in [-0.2, 0) is 25.7 Å². The van der Waals surface area contributed by atoms with Gasteiger partial charge in [0.05, 0.1) is 30.1 Å². The monoisotopic (exact) mass is 525 g/mol. The fourth-order valence-electron chi connectivity index (χ4n) is 7.75. The molecule has 1 aromatic carbocycles. The highest BCUT2D eigenvalue weighted by molar-refractivity contribution is 5.99. The summed E-state index contributed by atoms with van der Waals surface area (Å²) in [5.74, 6) is -2.14. The Morgan fingerprint density at radius 2 is 1.82 bits per heavy atom. The molecule has 3 amide bonds. The summed E-state index contributed by atoms with van der Waals surface area (Å²) in [7, 11) is 0. The van der Waals surface area contributed by atoms with Crippen LogP contribution in [-0.4, -0.2) is 63.7 Å². The molecule has 1 aromatic rings. The van der Waals surface area contributed by atoms with Crippen LogP contribution < -0.4 is 10.6 Å². The number of aliphatic hydroxyl groups is 1. The molecule has 0 radical (unpaired) electrons. The van der Waals surface area contributed by atoms with E-state index in [0.29, 0.717) is 25.8 Å². The highest BCUT2D eigenvalue weighted by Crippen LogP contribution is 2.64. The van der Waals surface area contributed by atoms with Crippen LogP contribution in [0.25, 0.3) is 0 Å². The lowest BCUT2D eigenvalue weighted by Crippen LogP contribution is -2.60. The molecule has 208 valence electrons. The van der Waals surface area contributed by atoms with Crippen molar-refractivity contribution in [2.75, 3.05) is 6.61 Å². The molecule has 8 nitrogen and oxygen atoms in total. The number of fused-ring (bicyclic) bond motifs is 1. The maximum absolute atomic E-state index is 14.3. The van der Waals surface area contributed by atoms with Crippen molar-refractivity contribution >= 4 is 17.7 Å². The van der Waals surface area contributed by atoms with E-state index in [2.05, 4.69) is 10.6 Å². The summed E-state index contributed by atoms with van der Waals surface area (Å²) in [6, 6.07) is 8.40. The van der Waals surface area contributed by atoms with Crippen LogP contribution in [0.4, 0.5) is 0 Å². The summed E-state index contributed by atoms with van der Waals surface area (Å²) < 4.78 is 6.84. The normalized spacial score (nSPS) is 33.4. The Morgan fingerprint density at radius 3 is 2.45 bits per heavy atom. The first kappa shape index (κ1) is 27.1. The van der Waals surface area contributed by atoms with E-state index in [1.54, 1.807) is 4.90 Å². The molecule has 4 aliphatic rings. The van der Waals surface area contributed by atoms with Crippen molar-refractivity contribution in [1.82, 2.24) is 15.5 Å². The summed E-state index contributed by atoms with van der Waals surface area (Å²) in [6.07, 6.45) is 6.97. The van der Waals surface area contributed by atoms with Crippen LogP contribution in [0.1, 0.15) is 77.7 Å². The van der Waals surface area contributed by atoms with Gasteiger partial charge < -0.3 is 25.4 Å². The molecule has 2 unspecified atom stereocenters. The van der Waals surface area contributed by atoms with Gasteiger partial charge in [-0.3, -0.25) is 14.4 Å². The van der Waals surface area contributed by atoms with Crippen molar-refractivity contribution in [1.29, 1.82) is 0 Å². The van der Waals surface area contributed by atoms with Gasteiger partial charge >= 0.3 is 0 Å². The van der Waals surface area contributed by atoms with Crippen LogP contribution in [0.15, 0.2) is 30.3 Å². The standard InChI is InChI=1S/C30H43N3O5/c1-4-29-15-16-30(38-29)24(23(29)26(35)31-17-20-11-7-5-8-12-20)28(37)33(22(18-34)19(2)3)25(30)27(36)32-21-13-9-6-10-14-21/h5,7-8,11-12,19,21-25,34H,4,6,9-10,13-18H2,1-3H3,(H,31,35)(H,32,36)/t22-,23+,24-,25?,29-,30?/m0/s1. The number of carbonyl (C=O) groups is 3. The van der Waals surface area contributed by atoms with Crippen LogP contribution in [0.2, 0.25) is 0 Å². The Bertz CT molecular complexity index is 1040. The molecule has 6 atom stereocenters. The lowest BCUT2D eigenvalue weighted by atomic mass is 9.65. The highest BCUT2D eigenvalue weighted by atomic mass is 16.5. The third kappa shape index (κ3) is 4.34. The lowest BCUT2D eigenvalue weighted by molar-refractivity contribution is -0.152. The van der Waals surface area contributed by atoms with Crippen LogP contribution in [0, 0.1) is 17.8 Å². The van der Waals surface area contributed by atoms with E-state index in [4.69, 9.17) is 4.74 Å². The second kappa shape index (κ2) is 10.6. The van der Waals surface area contributed by atoms with Crippen molar-refractivity contribution in [2.24, 2.45) is 17.8 Å². The minimum absolute atomic E-state index is 0.0631. The predicted octanol–water partition coefficient (Wildman–Crippen LogP) is 2.92. The zero-order valence-corrected chi connectivity index (χ0v) is 22.9. The Balaban J connectivity index is 1.49. The predicted molar refractivity (Wildman–Crippen MR) is 143 cm³/mol. The van der Waals surface area contributed by atoms with Crippen LogP contribution in [0.5, 0.6) is 0 Å². The van der Waals surface area contributed by atoms with Gasteiger partial charge in [-0.1, -0.05) is 70.4 Å². The topological polar surface area (TPSA) is 108 Å². The summed E-state index contributed by atoms with van der Waals surface area (Å²) in [5, 5.41) is 16.7. The van der Waals surface area contributed by atoms with E-state index in [1.165, 1.54) is 6.42 Å². The van der Waals surface area contributed by atoms with Crippen molar-refractivity contribution in [3.63, 3.8) is 0 Å². The average molecular weight is 526 g/mol. The Morgan fingerprint density at radius 1 is 1.11 bits per heavy atom. The molecule has 5 rings (SSSR count). The molecular weight excluding hydrogens is 482 g/mol. The molecule has 2 bridgehead atoms. The first-order valence-electron chi connectivity index (χ1n) is 14.5. The number of hydrogen-bond donors (Lipinski definition) is 3. The number of rotatable bonds is 9. The molecule has 1 spiro atoms. The molecule has 3 heterocycles. The van der Waals surface area contributed by atoms with E-state index in [0.717, 1.165) is 31.2 Å². The van der Waals surface area contributed by atoms with E-state index < -0.39 is 35.1 Å². The number of nitrogens with zero attached hydrogens (tertiary/aromatic N) is 1. The summed E-state index contributed by atoms with van der Waals surface area (Å²) in [4.78, 5) is 43.8. The molecule has 4 fully saturated rings. The second-order valence-corrected chi connectivity index (χ2v) is 12.1. The minimum Gasteiger partial charge on any atom is -0.394 e. The van der Waals surface area contributed by atoms with E-state index in [-0.39, 0.29) is 36.3 Å². The summed E-state index contributed by atoms with van der Waals surface area (Å²) in [6.45, 7) is 6.02. The lowest BCUT2D eigenvalue weighted by Gasteiger charge is -2.39. The van der Waals surface area contributed by atoms with Gasteiger partial charge in [0.25, 0.3) is 0 Å². The van der Waals surface area contributed by atoms with Crippen molar-refractivity contribution < 1.29 is 24.2 Å². The largest absolute Gasteiger partial charge is 0.394 e. The molecule has 8 heteroatoms. The fraction of sp³-hybridized carbons (Fsp3) is 0.700. The van der Waals surface area contributed by atoms with Gasteiger partial charge in [-0.2, -0.15) is 0 Å². The number of amides is 3. The maximum atomic E-state index is 14.3. The third-order valence-corrected chi connectivity index (χ3v) is 9.72. The molecule has 0 aromatic heterocycles. The Hall–Kier alpha value is -2.45. The molecular formula is C30H43N3O5. The number of likely N-dealkylation sites (tertiary alicyclic amines) is 1. The molecule has 3 saturated heterocycles. The molecule has 3 N–H and O–H groups in total. The summed E-state index contributed by atoms with van der Waals surface area (Å²) >= 11 is 0. The number of nitrogens with one attached hydrogen (secondary N) is 2. The smallest absolute Gasteiger partial charge is 0.246 e. The number of carbonyl (C=O) groups excluding carboxylic acids is 3. The summed E-state index contributed by atoms with van der Waals surface area (Å²) in [5.41, 5.74) is -0.860. The van der Waals surface area contributed by atoms with Crippen LogP contribution in [0.3, 0.4) is 0 Å². The van der Waals surface area contributed by atoms with Crippen molar-refractivity contribution in [2.45, 2.75) is 108 Å². The van der Waals surface area contributed by atoms with Gasteiger partial charge in [0.15, 0.2) is 0 Å². The fourth-order valence-corrected chi connectivity index (χ4v) is 7.75. The average Bonchev–Trinajstić information content (AvgIpc) is 3.52. The zero-order valence-electron chi connectivity index (χ0n) is 22.9. The number of hydrogen-bond acceptors (Lipinski definition) is 5. The number of aliphatic hydroxyl groups excluding tert-OH is 1. The van der Waals surface area contributed by atoms with E-state index in [1.807, 2.05) is 51.1 Å². The first-order valence-corrected chi connectivity index (χ1v) is 14.5.